The number of para-hydroxylation sites is 1. The Kier molecular flexibility index (Phi) is 12.9. The molecule has 1 aromatic carbocycles. The van der Waals surface area contributed by atoms with Crippen LogP contribution in [0, 0.1) is 0 Å². The van der Waals surface area contributed by atoms with Crippen LogP contribution in [0.15, 0.2) is 29.3 Å². The van der Waals surface area contributed by atoms with Crippen LogP contribution in [-0.2, 0) is 16.0 Å². The number of rotatable bonds is 11. The van der Waals surface area contributed by atoms with Gasteiger partial charge in [-0.25, -0.2) is 0 Å². The molecular formula is C21H35IN4O2. The van der Waals surface area contributed by atoms with E-state index in [2.05, 4.69) is 28.6 Å². The molecule has 1 aliphatic heterocycles. The molecule has 1 aliphatic rings. The number of aliphatic imine (C=N–C) groups is 1. The predicted molar refractivity (Wildman–Crippen MR) is 127 cm³/mol. The van der Waals surface area contributed by atoms with Crippen LogP contribution in [0.25, 0.3) is 0 Å². The van der Waals surface area contributed by atoms with Gasteiger partial charge in [-0.2, -0.15) is 0 Å². The van der Waals surface area contributed by atoms with Crippen LogP contribution in [0.2, 0.25) is 0 Å². The maximum Gasteiger partial charge on any atom is 0.227 e. The Morgan fingerprint density at radius 3 is 2.61 bits per heavy atom. The van der Waals surface area contributed by atoms with E-state index in [-0.39, 0.29) is 29.9 Å². The molecule has 158 valence electrons. The van der Waals surface area contributed by atoms with E-state index in [4.69, 9.17) is 4.74 Å². The van der Waals surface area contributed by atoms with Crippen molar-refractivity contribution in [3.05, 3.63) is 29.8 Å². The van der Waals surface area contributed by atoms with Gasteiger partial charge in [-0.15, -0.1) is 24.0 Å². The highest BCUT2D eigenvalue weighted by Crippen LogP contribution is 2.27. The highest BCUT2D eigenvalue weighted by molar-refractivity contribution is 14.0. The number of benzene rings is 1. The second kappa shape index (κ2) is 14.6. The highest BCUT2D eigenvalue weighted by atomic mass is 127. The van der Waals surface area contributed by atoms with E-state index < -0.39 is 0 Å². The van der Waals surface area contributed by atoms with E-state index in [0.29, 0.717) is 6.42 Å². The number of fused-ring (bicyclic) bond motifs is 1. The number of hydrogen-bond acceptors (Lipinski definition) is 3. The van der Waals surface area contributed by atoms with Gasteiger partial charge in [0.1, 0.15) is 0 Å². The number of nitrogens with zero attached hydrogens (tertiary/aromatic N) is 2. The molecule has 0 unspecified atom stereocenters. The summed E-state index contributed by atoms with van der Waals surface area (Å²) >= 11 is 0. The minimum Gasteiger partial charge on any atom is -0.381 e. The van der Waals surface area contributed by atoms with Gasteiger partial charge in [-0.05, 0) is 37.3 Å². The number of amides is 1. The number of anilines is 1. The van der Waals surface area contributed by atoms with Crippen LogP contribution in [0.3, 0.4) is 0 Å². The van der Waals surface area contributed by atoms with E-state index in [0.717, 1.165) is 70.2 Å². The first-order chi connectivity index (χ1) is 13.3. The number of halogens is 1. The van der Waals surface area contributed by atoms with Gasteiger partial charge >= 0.3 is 0 Å². The van der Waals surface area contributed by atoms with Gasteiger partial charge in [0.25, 0.3) is 0 Å². The second-order valence-electron chi connectivity index (χ2n) is 6.77. The van der Waals surface area contributed by atoms with Crippen molar-refractivity contribution >= 4 is 41.5 Å². The van der Waals surface area contributed by atoms with Crippen LogP contribution < -0.4 is 15.5 Å². The maximum absolute atomic E-state index is 12.5. The molecular weight excluding hydrogens is 467 g/mol. The van der Waals surface area contributed by atoms with Gasteiger partial charge in [-0.1, -0.05) is 31.5 Å². The van der Waals surface area contributed by atoms with Gasteiger partial charge in [0.2, 0.25) is 5.91 Å². The summed E-state index contributed by atoms with van der Waals surface area (Å²) in [5.74, 6) is 0.983. The minimum absolute atomic E-state index is 0. The van der Waals surface area contributed by atoms with E-state index in [1.165, 1.54) is 12.0 Å². The molecule has 6 nitrogen and oxygen atoms in total. The molecule has 1 aromatic rings. The van der Waals surface area contributed by atoms with Crippen LogP contribution >= 0.6 is 24.0 Å². The lowest BCUT2D eigenvalue weighted by Crippen LogP contribution is -2.39. The third kappa shape index (κ3) is 8.34. The Labute approximate surface area is 186 Å². The lowest BCUT2D eigenvalue weighted by atomic mass is 10.2. The Morgan fingerprint density at radius 1 is 1.14 bits per heavy atom. The third-order valence-electron chi connectivity index (χ3n) is 4.67. The molecule has 7 heteroatoms. The zero-order valence-corrected chi connectivity index (χ0v) is 19.5. The minimum atomic E-state index is 0. The zero-order chi connectivity index (χ0) is 19.3. The Morgan fingerprint density at radius 2 is 1.86 bits per heavy atom. The van der Waals surface area contributed by atoms with E-state index >= 15 is 0 Å². The number of carbonyl (C=O) groups excluding carboxylic acids is 1. The average Bonchev–Trinajstić information content (AvgIpc) is 3.13. The summed E-state index contributed by atoms with van der Waals surface area (Å²) < 4.78 is 5.55. The van der Waals surface area contributed by atoms with Crippen molar-refractivity contribution in [3.63, 3.8) is 0 Å². The second-order valence-corrected chi connectivity index (χ2v) is 6.77. The fourth-order valence-corrected chi connectivity index (χ4v) is 3.13. The van der Waals surface area contributed by atoms with Gasteiger partial charge < -0.3 is 20.3 Å². The topological polar surface area (TPSA) is 66.0 Å². The van der Waals surface area contributed by atoms with E-state index in [9.17, 15) is 4.79 Å². The number of guanidine groups is 1. The van der Waals surface area contributed by atoms with Crippen molar-refractivity contribution in [2.45, 2.75) is 45.4 Å². The summed E-state index contributed by atoms with van der Waals surface area (Å²) in [5.41, 5.74) is 2.35. The maximum atomic E-state index is 12.5. The molecule has 2 rings (SSSR count). The summed E-state index contributed by atoms with van der Waals surface area (Å²) in [7, 11) is 1.76. The first-order valence-corrected chi connectivity index (χ1v) is 10.2. The first-order valence-electron chi connectivity index (χ1n) is 10.2. The first kappa shape index (κ1) is 24.7. The summed E-state index contributed by atoms with van der Waals surface area (Å²) in [4.78, 5) is 18.6. The van der Waals surface area contributed by atoms with Crippen molar-refractivity contribution in [1.29, 1.82) is 0 Å². The number of ether oxygens (including phenoxy) is 1. The number of nitrogens with one attached hydrogen (secondary N) is 2. The molecule has 0 atom stereocenters. The normalized spacial score (nSPS) is 13.1. The van der Waals surface area contributed by atoms with Crippen LogP contribution in [0.5, 0.6) is 0 Å². The molecule has 0 fully saturated rings. The molecule has 0 saturated carbocycles. The lowest BCUT2D eigenvalue weighted by Gasteiger charge is -2.17. The number of unbranched alkanes of at least 4 members (excludes halogenated alkanes) is 1. The quantitative estimate of drug-likeness (QED) is 0.211. The highest BCUT2D eigenvalue weighted by Gasteiger charge is 2.23. The molecule has 1 amide bonds. The van der Waals surface area contributed by atoms with Crippen molar-refractivity contribution < 1.29 is 9.53 Å². The molecule has 0 aromatic heterocycles. The van der Waals surface area contributed by atoms with Crippen molar-refractivity contribution in [1.82, 2.24) is 10.6 Å². The number of carbonyl (C=O) groups is 1. The Balaban J connectivity index is 0.00000392. The van der Waals surface area contributed by atoms with Crippen LogP contribution in [0.4, 0.5) is 5.69 Å². The molecule has 2 N–H and O–H groups in total. The lowest BCUT2D eigenvalue weighted by molar-refractivity contribution is -0.118. The van der Waals surface area contributed by atoms with Crippen LogP contribution in [0.1, 0.15) is 44.6 Å². The Bertz CT molecular complexity index is 610. The third-order valence-corrected chi connectivity index (χ3v) is 4.67. The largest absolute Gasteiger partial charge is 0.381 e. The smallest absolute Gasteiger partial charge is 0.227 e. The van der Waals surface area contributed by atoms with Crippen molar-refractivity contribution in [2.24, 2.45) is 4.99 Å². The van der Waals surface area contributed by atoms with Gasteiger partial charge in [0, 0.05) is 52.0 Å². The monoisotopic (exact) mass is 502 g/mol. The fourth-order valence-electron chi connectivity index (χ4n) is 3.13. The standard InChI is InChI=1S/C21H34N4O2.HI/c1-3-4-16-27-17-8-14-24-21(22-2)23-13-7-11-20(26)25-15-12-18-9-5-6-10-19(18)25;/h5-6,9-10H,3-4,7-8,11-17H2,1-2H3,(H2,22,23,24);1H. The number of hydrogen-bond donors (Lipinski definition) is 2. The molecule has 1 heterocycles. The molecule has 0 saturated heterocycles. The van der Waals surface area contributed by atoms with Crippen LogP contribution in [-0.4, -0.2) is 51.8 Å². The SMILES string of the molecule is CCCCOCCCNC(=NC)NCCCC(=O)N1CCc2ccccc21.I. The van der Waals surface area contributed by atoms with E-state index in [1.807, 2.05) is 23.1 Å². The van der Waals surface area contributed by atoms with Crippen molar-refractivity contribution in [3.8, 4) is 0 Å². The van der Waals surface area contributed by atoms with E-state index in [1.54, 1.807) is 7.05 Å². The van der Waals surface area contributed by atoms with Crippen molar-refractivity contribution in [2.75, 3.05) is 44.8 Å². The molecule has 0 bridgehead atoms. The van der Waals surface area contributed by atoms with Gasteiger partial charge in [0.05, 0.1) is 0 Å². The van der Waals surface area contributed by atoms with Gasteiger partial charge in [0.15, 0.2) is 5.96 Å². The summed E-state index contributed by atoms with van der Waals surface area (Å²) in [5, 5.41) is 6.55. The Hall–Kier alpha value is -1.35. The summed E-state index contributed by atoms with van der Waals surface area (Å²) in [6.07, 6.45) is 5.54. The predicted octanol–water partition coefficient (Wildman–Crippen LogP) is 3.35. The zero-order valence-electron chi connectivity index (χ0n) is 17.2. The average molecular weight is 502 g/mol. The fraction of sp³-hybridized carbons (Fsp3) is 0.619. The van der Waals surface area contributed by atoms with Gasteiger partial charge in [-0.3, -0.25) is 9.79 Å². The molecule has 0 spiro atoms. The molecule has 0 aliphatic carbocycles. The summed E-state index contributed by atoms with van der Waals surface area (Å²) in [6.45, 7) is 6.14. The molecule has 28 heavy (non-hydrogen) atoms. The summed E-state index contributed by atoms with van der Waals surface area (Å²) in [6, 6.07) is 8.17. The molecule has 0 radical (unpaired) electrons.